The second-order valence-electron chi connectivity index (χ2n) is 16.2. The molecule has 0 radical (unpaired) electrons. The monoisotopic (exact) mass is 673 g/mol. The fourth-order valence-electron chi connectivity index (χ4n) is 9.49. The van der Waals surface area contributed by atoms with E-state index in [1.165, 1.54) is 146 Å². The highest BCUT2D eigenvalue weighted by atomic mass is 14.5. The molecule has 0 bridgehead atoms. The molecule has 0 saturated carbocycles. The van der Waals surface area contributed by atoms with Crippen LogP contribution in [0.25, 0.3) is 44.5 Å². The van der Waals surface area contributed by atoms with Crippen LogP contribution in [0.15, 0.2) is 103 Å². The van der Waals surface area contributed by atoms with Gasteiger partial charge in [0.15, 0.2) is 0 Å². The van der Waals surface area contributed by atoms with E-state index in [0.717, 1.165) is 5.69 Å². The number of anilines is 1. The fraction of sp³-hybridized carbons (Fsp3) is 0.400. The molecule has 264 valence electrons. The topological polar surface area (TPSA) is 26.0 Å². The smallest absolute Gasteiger partial charge is 0.0314 e. The SMILES string of the molecule is CCCCCCCCC1(CCCCCCCC)c2ccccc2-c2ccc(-c3ccc4c(c3)C(C)(C)c3cc(-c5ccc(N)cc5)ccc3-4)cc21. The Morgan fingerprint density at radius 2 is 0.824 bits per heavy atom. The molecular weight excluding hydrogens is 615 g/mol. The van der Waals surface area contributed by atoms with Gasteiger partial charge in [-0.1, -0.05) is 178 Å². The van der Waals surface area contributed by atoms with Crippen LogP contribution < -0.4 is 5.73 Å². The first-order valence-corrected chi connectivity index (χ1v) is 20.3. The van der Waals surface area contributed by atoms with Gasteiger partial charge in [-0.2, -0.15) is 0 Å². The van der Waals surface area contributed by atoms with Crippen molar-refractivity contribution in [1.82, 2.24) is 0 Å². The lowest BCUT2D eigenvalue weighted by molar-refractivity contribution is 0.398. The van der Waals surface area contributed by atoms with Gasteiger partial charge in [0, 0.05) is 16.5 Å². The lowest BCUT2D eigenvalue weighted by Crippen LogP contribution is -2.25. The van der Waals surface area contributed by atoms with Crippen molar-refractivity contribution in [2.75, 3.05) is 5.73 Å². The molecule has 5 aromatic rings. The minimum Gasteiger partial charge on any atom is -0.399 e. The van der Waals surface area contributed by atoms with Crippen molar-refractivity contribution in [2.24, 2.45) is 0 Å². The largest absolute Gasteiger partial charge is 0.399 e. The van der Waals surface area contributed by atoms with Crippen molar-refractivity contribution in [2.45, 2.75) is 128 Å². The Bertz CT molecular complexity index is 1940. The number of unbranched alkanes of at least 4 members (excludes halogenated alkanes) is 10. The van der Waals surface area contributed by atoms with Gasteiger partial charge in [-0.3, -0.25) is 0 Å². The van der Waals surface area contributed by atoms with Gasteiger partial charge in [-0.05, 0) is 110 Å². The average molecular weight is 674 g/mol. The molecule has 0 atom stereocenters. The van der Waals surface area contributed by atoms with Gasteiger partial charge in [-0.25, -0.2) is 0 Å². The summed E-state index contributed by atoms with van der Waals surface area (Å²) in [6.45, 7) is 9.44. The maximum absolute atomic E-state index is 6.01. The first-order chi connectivity index (χ1) is 24.9. The van der Waals surface area contributed by atoms with E-state index in [1.54, 1.807) is 11.1 Å². The summed E-state index contributed by atoms with van der Waals surface area (Å²) >= 11 is 0. The van der Waals surface area contributed by atoms with Crippen LogP contribution in [0.4, 0.5) is 5.69 Å². The third-order valence-corrected chi connectivity index (χ3v) is 12.4. The highest BCUT2D eigenvalue weighted by Crippen LogP contribution is 2.56. The second kappa shape index (κ2) is 15.2. The molecule has 2 N–H and O–H groups in total. The standard InChI is InChI=1S/C50H59N/c1-5-7-9-11-13-17-31-50(32-18-14-12-10-8-6-2)45-20-16-15-19-41(45)44-30-25-39(35-48(44)50)38-24-29-43-42-28-23-37(36-21-26-40(51)27-22-36)33-46(42)49(3,4)47(43)34-38/h15-16,19-30,33-35H,5-14,17-18,31-32,51H2,1-4H3. The Labute approximate surface area is 308 Å². The van der Waals surface area contributed by atoms with Crippen molar-refractivity contribution < 1.29 is 0 Å². The van der Waals surface area contributed by atoms with Gasteiger partial charge in [0.25, 0.3) is 0 Å². The number of fused-ring (bicyclic) bond motifs is 6. The van der Waals surface area contributed by atoms with Gasteiger partial charge in [0.05, 0.1) is 0 Å². The maximum atomic E-state index is 6.01. The van der Waals surface area contributed by atoms with E-state index < -0.39 is 0 Å². The van der Waals surface area contributed by atoms with E-state index in [2.05, 4.69) is 119 Å². The average Bonchev–Trinajstić information content (AvgIpc) is 3.55. The van der Waals surface area contributed by atoms with Gasteiger partial charge in [-0.15, -0.1) is 0 Å². The Balaban J connectivity index is 1.23. The number of nitrogens with two attached hydrogens (primary N) is 1. The summed E-state index contributed by atoms with van der Waals surface area (Å²) in [5.74, 6) is 0. The molecule has 1 heteroatoms. The van der Waals surface area contributed by atoms with E-state index in [9.17, 15) is 0 Å². The quantitative estimate of drug-likeness (QED) is 0.0819. The minimum atomic E-state index is -0.0865. The van der Waals surface area contributed by atoms with Crippen LogP contribution in [-0.4, -0.2) is 0 Å². The number of nitrogen functional groups attached to an aromatic ring is 1. The lowest BCUT2D eigenvalue weighted by atomic mass is 9.70. The highest BCUT2D eigenvalue weighted by Gasteiger charge is 2.42. The van der Waals surface area contributed by atoms with Crippen LogP contribution in [0, 0.1) is 0 Å². The molecule has 0 aromatic heterocycles. The minimum absolute atomic E-state index is 0.0865. The summed E-state index contributed by atoms with van der Waals surface area (Å²) < 4.78 is 0. The molecule has 0 aliphatic heterocycles. The molecule has 0 amide bonds. The molecule has 0 saturated heterocycles. The third kappa shape index (κ3) is 6.82. The Kier molecular flexibility index (Phi) is 10.6. The first-order valence-electron chi connectivity index (χ1n) is 20.3. The first kappa shape index (κ1) is 35.3. The van der Waals surface area contributed by atoms with E-state index in [-0.39, 0.29) is 10.8 Å². The van der Waals surface area contributed by atoms with Crippen LogP contribution in [0.3, 0.4) is 0 Å². The Hall–Kier alpha value is -4.10. The van der Waals surface area contributed by atoms with Crippen LogP contribution >= 0.6 is 0 Å². The molecule has 2 aliphatic rings. The van der Waals surface area contributed by atoms with Gasteiger partial charge < -0.3 is 5.73 Å². The summed E-state index contributed by atoms with van der Waals surface area (Å²) in [5, 5.41) is 0. The summed E-state index contributed by atoms with van der Waals surface area (Å²) in [4.78, 5) is 0. The summed E-state index contributed by atoms with van der Waals surface area (Å²) in [6, 6.07) is 39.4. The summed E-state index contributed by atoms with van der Waals surface area (Å²) in [5.41, 5.74) is 23.7. The van der Waals surface area contributed by atoms with Crippen LogP contribution in [-0.2, 0) is 10.8 Å². The molecule has 0 unspecified atom stereocenters. The van der Waals surface area contributed by atoms with Crippen molar-refractivity contribution in [1.29, 1.82) is 0 Å². The van der Waals surface area contributed by atoms with Gasteiger partial charge >= 0.3 is 0 Å². The van der Waals surface area contributed by atoms with Gasteiger partial charge in [0.1, 0.15) is 0 Å². The predicted octanol–water partition coefficient (Wildman–Crippen LogP) is 14.7. The van der Waals surface area contributed by atoms with Crippen molar-refractivity contribution in [3.63, 3.8) is 0 Å². The lowest BCUT2D eigenvalue weighted by Gasteiger charge is -2.33. The molecule has 0 spiro atoms. The van der Waals surface area contributed by atoms with Crippen LogP contribution in [0.5, 0.6) is 0 Å². The predicted molar refractivity (Wildman–Crippen MR) is 221 cm³/mol. The third-order valence-electron chi connectivity index (χ3n) is 12.4. The molecule has 1 nitrogen and oxygen atoms in total. The molecule has 5 aromatic carbocycles. The molecule has 0 heterocycles. The Morgan fingerprint density at radius 3 is 1.37 bits per heavy atom. The van der Waals surface area contributed by atoms with E-state index in [0.29, 0.717) is 0 Å². The van der Waals surface area contributed by atoms with Gasteiger partial charge in [0.2, 0.25) is 0 Å². The molecule has 0 fully saturated rings. The molecule has 2 aliphatic carbocycles. The molecular formula is C50H59N. The number of hydrogen-bond donors (Lipinski definition) is 1. The van der Waals surface area contributed by atoms with E-state index in [1.807, 2.05) is 12.1 Å². The van der Waals surface area contributed by atoms with Crippen molar-refractivity contribution in [3.8, 4) is 44.5 Å². The van der Waals surface area contributed by atoms with E-state index >= 15 is 0 Å². The molecule has 7 rings (SSSR count). The van der Waals surface area contributed by atoms with Crippen LogP contribution in [0.1, 0.15) is 140 Å². The number of rotatable bonds is 16. The normalized spacial score (nSPS) is 14.6. The summed E-state index contributed by atoms with van der Waals surface area (Å²) in [7, 11) is 0. The highest BCUT2D eigenvalue weighted by molar-refractivity contribution is 5.88. The summed E-state index contributed by atoms with van der Waals surface area (Å²) in [6.07, 6.45) is 18.6. The number of hydrogen-bond acceptors (Lipinski definition) is 1. The zero-order chi connectivity index (χ0) is 35.4. The zero-order valence-electron chi connectivity index (χ0n) is 31.8. The van der Waals surface area contributed by atoms with Crippen molar-refractivity contribution >= 4 is 5.69 Å². The van der Waals surface area contributed by atoms with E-state index in [4.69, 9.17) is 5.73 Å². The Morgan fingerprint density at radius 1 is 0.412 bits per heavy atom. The number of benzene rings is 5. The second-order valence-corrected chi connectivity index (χ2v) is 16.2. The maximum Gasteiger partial charge on any atom is 0.0314 e. The fourth-order valence-corrected chi connectivity index (χ4v) is 9.49. The molecule has 51 heavy (non-hydrogen) atoms. The van der Waals surface area contributed by atoms with Crippen molar-refractivity contribution in [3.05, 3.63) is 125 Å². The zero-order valence-corrected chi connectivity index (χ0v) is 31.8. The van der Waals surface area contributed by atoms with Crippen LogP contribution in [0.2, 0.25) is 0 Å².